The normalized spacial score (nSPS) is 25.8. The second-order valence-corrected chi connectivity index (χ2v) is 7.18. The van der Waals surface area contributed by atoms with E-state index >= 15 is 0 Å². The van der Waals surface area contributed by atoms with Gasteiger partial charge in [-0.2, -0.15) is 0 Å². The molecule has 0 bridgehead atoms. The molecule has 2 aliphatic heterocycles. The van der Waals surface area contributed by atoms with E-state index in [-0.39, 0.29) is 5.91 Å². The van der Waals surface area contributed by atoms with Gasteiger partial charge in [-0.15, -0.1) is 0 Å². The number of piperidine rings is 1. The maximum absolute atomic E-state index is 12.7. The van der Waals surface area contributed by atoms with Crippen LogP contribution in [0.15, 0.2) is 24.3 Å². The summed E-state index contributed by atoms with van der Waals surface area (Å²) in [5.74, 6) is 0.601. The maximum Gasteiger partial charge on any atom is 0.237 e. The molecule has 0 saturated carbocycles. The number of amides is 1. The van der Waals surface area contributed by atoms with Crippen LogP contribution in [0.1, 0.15) is 33.1 Å². The molecule has 132 valence electrons. The highest BCUT2D eigenvalue weighted by Gasteiger charge is 2.30. The van der Waals surface area contributed by atoms with Crippen LogP contribution >= 0.6 is 0 Å². The summed E-state index contributed by atoms with van der Waals surface area (Å²) in [5.41, 5.74) is 0.891. The number of rotatable bonds is 3. The van der Waals surface area contributed by atoms with Gasteiger partial charge in [0, 0.05) is 38.3 Å². The lowest BCUT2D eigenvalue weighted by Crippen LogP contribution is -2.54. The highest BCUT2D eigenvalue weighted by atomic mass is 16.3. The molecule has 1 N–H and O–H groups in total. The Hall–Kier alpha value is -1.75. The summed E-state index contributed by atoms with van der Waals surface area (Å²) in [6, 6.07) is 8.20. The lowest BCUT2D eigenvalue weighted by molar-refractivity contribution is -0.138. The van der Waals surface area contributed by atoms with E-state index < -0.39 is 0 Å². The molecule has 3 rings (SSSR count). The van der Waals surface area contributed by atoms with E-state index in [0.29, 0.717) is 24.4 Å². The average Bonchev–Trinajstić information content (AvgIpc) is 2.56. The average molecular weight is 331 g/mol. The van der Waals surface area contributed by atoms with Crippen molar-refractivity contribution in [2.45, 2.75) is 45.2 Å². The first-order chi connectivity index (χ1) is 11.6. The minimum atomic E-state index is 0.269. The summed E-state index contributed by atoms with van der Waals surface area (Å²) in [6.07, 6.45) is 3.47. The molecule has 1 amide bonds. The topological polar surface area (TPSA) is 47.0 Å². The van der Waals surface area contributed by atoms with Crippen molar-refractivity contribution >= 4 is 11.6 Å². The van der Waals surface area contributed by atoms with E-state index in [9.17, 15) is 9.90 Å². The molecule has 5 nitrogen and oxygen atoms in total. The van der Waals surface area contributed by atoms with E-state index in [1.165, 1.54) is 6.42 Å². The van der Waals surface area contributed by atoms with Crippen LogP contribution in [-0.2, 0) is 4.79 Å². The lowest BCUT2D eigenvalue weighted by atomic mass is 9.97. The third-order valence-corrected chi connectivity index (χ3v) is 5.44. The molecule has 0 spiro atoms. The number of anilines is 1. The van der Waals surface area contributed by atoms with Crippen LogP contribution in [0, 0.1) is 0 Å². The quantitative estimate of drug-likeness (QED) is 0.923. The van der Waals surface area contributed by atoms with Crippen molar-refractivity contribution in [3.05, 3.63) is 24.3 Å². The van der Waals surface area contributed by atoms with Crippen LogP contribution in [0.2, 0.25) is 0 Å². The molecule has 0 aliphatic carbocycles. The third kappa shape index (κ3) is 3.66. The molecular formula is C19H29N3O2. The Labute approximate surface area is 144 Å². The molecule has 2 saturated heterocycles. The van der Waals surface area contributed by atoms with Crippen molar-refractivity contribution in [3.8, 4) is 5.75 Å². The Kier molecular flexibility index (Phi) is 5.29. The number of benzene rings is 1. The van der Waals surface area contributed by atoms with Gasteiger partial charge >= 0.3 is 0 Å². The number of carbonyl (C=O) groups is 1. The third-order valence-electron chi connectivity index (χ3n) is 5.44. The Bertz CT molecular complexity index is 559. The van der Waals surface area contributed by atoms with Gasteiger partial charge in [0.2, 0.25) is 5.91 Å². The molecule has 2 heterocycles. The molecule has 5 heteroatoms. The summed E-state index contributed by atoms with van der Waals surface area (Å²) in [5, 5.41) is 9.99. The van der Waals surface area contributed by atoms with Crippen molar-refractivity contribution in [1.29, 1.82) is 0 Å². The summed E-state index contributed by atoms with van der Waals surface area (Å²) in [6.45, 7) is 8.26. The molecule has 1 aromatic carbocycles. The number of hydrogen-bond acceptors (Lipinski definition) is 4. The van der Waals surface area contributed by atoms with E-state index in [1.54, 1.807) is 6.07 Å². The van der Waals surface area contributed by atoms with Gasteiger partial charge in [0.1, 0.15) is 5.75 Å². The highest BCUT2D eigenvalue weighted by Crippen LogP contribution is 2.27. The summed E-state index contributed by atoms with van der Waals surface area (Å²) in [4.78, 5) is 19.3. The van der Waals surface area contributed by atoms with Gasteiger partial charge in [-0.05, 0) is 45.2 Å². The zero-order chi connectivity index (χ0) is 17.1. The number of aromatic hydroxyl groups is 1. The van der Waals surface area contributed by atoms with Gasteiger partial charge < -0.3 is 14.9 Å². The first kappa shape index (κ1) is 17.1. The lowest BCUT2D eigenvalue weighted by Gasteiger charge is -2.41. The van der Waals surface area contributed by atoms with Crippen molar-refractivity contribution in [1.82, 2.24) is 9.80 Å². The van der Waals surface area contributed by atoms with E-state index in [1.807, 2.05) is 18.2 Å². The summed E-state index contributed by atoms with van der Waals surface area (Å²) < 4.78 is 0. The fourth-order valence-electron chi connectivity index (χ4n) is 4.06. The molecule has 0 aromatic heterocycles. The smallest absolute Gasteiger partial charge is 0.237 e. The number of para-hydroxylation sites is 2. The monoisotopic (exact) mass is 331 g/mol. The van der Waals surface area contributed by atoms with Gasteiger partial charge in [0.15, 0.2) is 0 Å². The second-order valence-electron chi connectivity index (χ2n) is 7.18. The predicted octanol–water partition coefficient (Wildman–Crippen LogP) is 2.30. The molecule has 24 heavy (non-hydrogen) atoms. The number of hydrogen-bond donors (Lipinski definition) is 1. The maximum atomic E-state index is 12.7. The van der Waals surface area contributed by atoms with Gasteiger partial charge in [0.05, 0.1) is 12.2 Å². The second kappa shape index (κ2) is 7.43. The van der Waals surface area contributed by atoms with Crippen molar-refractivity contribution < 1.29 is 9.90 Å². The van der Waals surface area contributed by atoms with E-state index in [2.05, 4.69) is 28.5 Å². The largest absolute Gasteiger partial charge is 0.506 e. The number of likely N-dealkylation sites (tertiary alicyclic amines) is 1. The van der Waals surface area contributed by atoms with Crippen LogP contribution < -0.4 is 4.90 Å². The van der Waals surface area contributed by atoms with Crippen molar-refractivity contribution in [2.75, 3.05) is 37.6 Å². The summed E-state index contributed by atoms with van der Waals surface area (Å²) >= 11 is 0. The first-order valence-electron chi connectivity index (χ1n) is 9.12. The minimum Gasteiger partial charge on any atom is -0.506 e. The molecular weight excluding hydrogens is 302 g/mol. The van der Waals surface area contributed by atoms with E-state index in [4.69, 9.17) is 0 Å². The van der Waals surface area contributed by atoms with Gasteiger partial charge in [-0.1, -0.05) is 12.1 Å². The van der Waals surface area contributed by atoms with Crippen LogP contribution in [0.4, 0.5) is 5.69 Å². The van der Waals surface area contributed by atoms with Crippen LogP contribution in [-0.4, -0.2) is 65.6 Å². The molecule has 0 unspecified atom stereocenters. The van der Waals surface area contributed by atoms with E-state index in [0.717, 1.165) is 44.7 Å². The zero-order valence-corrected chi connectivity index (χ0v) is 14.8. The van der Waals surface area contributed by atoms with Crippen molar-refractivity contribution in [3.63, 3.8) is 0 Å². The number of phenols is 1. The molecule has 2 aliphatic rings. The summed E-state index contributed by atoms with van der Waals surface area (Å²) in [7, 11) is 0. The van der Waals surface area contributed by atoms with Crippen LogP contribution in [0.5, 0.6) is 5.75 Å². The Morgan fingerprint density at radius 1 is 1.08 bits per heavy atom. The fourth-order valence-corrected chi connectivity index (χ4v) is 4.06. The predicted molar refractivity (Wildman–Crippen MR) is 96.4 cm³/mol. The first-order valence-corrected chi connectivity index (χ1v) is 9.12. The molecule has 2 fully saturated rings. The van der Waals surface area contributed by atoms with Crippen LogP contribution in [0.25, 0.3) is 0 Å². The van der Waals surface area contributed by atoms with Gasteiger partial charge in [-0.25, -0.2) is 0 Å². The number of phenolic OH excluding ortho intramolecular Hbond substituents is 1. The number of piperazine rings is 1. The van der Waals surface area contributed by atoms with Gasteiger partial charge in [-0.3, -0.25) is 9.69 Å². The fraction of sp³-hybridized carbons (Fsp3) is 0.632. The zero-order valence-electron chi connectivity index (χ0n) is 14.8. The Morgan fingerprint density at radius 2 is 1.71 bits per heavy atom. The number of carbonyl (C=O) groups excluding carboxylic acids is 1. The van der Waals surface area contributed by atoms with Crippen LogP contribution in [0.3, 0.4) is 0 Å². The molecule has 0 radical (unpaired) electrons. The van der Waals surface area contributed by atoms with Crippen molar-refractivity contribution in [2.24, 2.45) is 0 Å². The van der Waals surface area contributed by atoms with Gasteiger partial charge in [0.25, 0.3) is 0 Å². The Morgan fingerprint density at radius 3 is 2.33 bits per heavy atom. The SMILES string of the molecule is C[C@@H]1CCC[C@H](C)N1C(=O)CN1CCN(c2ccccc2O)CC1. The highest BCUT2D eigenvalue weighted by molar-refractivity contribution is 5.79. The minimum absolute atomic E-state index is 0.269. The standard InChI is InChI=1S/C19H29N3O2/c1-15-6-5-7-16(2)22(15)19(24)14-20-10-12-21(13-11-20)17-8-3-4-9-18(17)23/h3-4,8-9,15-16,23H,5-7,10-14H2,1-2H3/t15-,16+. The molecule has 1 aromatic rings. The number of nitrogens with zero attached hydrogens (tertiary/aromatic N) is 3. The Balaban J connectivity index is 1.54. The molecule has 2 atom stereocenters.